The van der Waals surface area contributed by atoms with Crippen molar-refractivity contribution in [1.82, 2.24) is 4.90 Å². The molecule has 0 aromatic heterocycles. The van der Waals surface area contributed by atoms with Crippen LogP contribution < -0.4 is 4.90 Å². The highest BCUT2D eigenvalue weighted by atomic mass is 16.4. The standard InChI is InChI=1S/C18H26N2O4/c1-3-14-11-16(9-10-19(14)12-17(21)22)20(13(2)18(23)24)15-7-5-4-6-8-15/h4-8,13-14,16H,3,9-12H2,1-2H3,(H,21,22)(H,23,24). The first kappa shape index (κ1) is 18.3. The summed E-state index contributed by atoms with van der Waals surface area (Å²) < 4.78 is 0. The van der Waals surface area contributed by atoms with E-state index < -0.39 is 18.0 Å². The van der Waals surface area contributed by atoms with Gasteiger partial charge in [-0.05, 0) is 38.3 Å². The van der Waals surface area contributed by atoms with E-state index in [2.05, 4.69) is 6.92 Å². The van der Waals surface area contributed by atoms with Crippen LogP contribution in [0.5, 0.6) is 0 Å². The third-order valence-electron chi connectivity index (χ3n) is 4.84. The second-order valence-electron chi connectivity index (χ2n) is 6.36. The lowest BCUT2D eigenvalue weighted by molar-refractivity contribution is -0.139. The largest absolute Gasteiger partial charge is 0.480 e. The average molecular weight is 334 g/mol. The lowest BCUT2D eigenvalue weighted by atomic mass is 9.92. The first-order valence-corrected chi connectivity index (χ1v) is 8.46. The minimum Gasteiger partial charge on any atom is -0.480 e. The normalized spacial score (nSPS) is 22.8. The number of likely N-dealkylation sites (tertiary alicyclic amines) is 1. The Balaban J connectivity index is 2.21. The van der Waals surface area contributed by atoms with Crippen molar-refractivity contribution >= 4 is 17.6 Å². The van der Waals surface area contributed by atoms with Crippen molar-refractivity contribution in [2.24, 2.45) is 0 Å². The van der Waals surface area contributed by atoms with Gasteiger partial charge in [0, 0.05) is 24.3 Å². The second-order valence-corrected chi connectivity index (χ2v) is 6.36. The first-order chi connectivity index (χ1) is 11.4. The summed E-state index contributed by atoms with van der Waals surface area (Å²) in [5.41, 5.74) is 0.902. The van der Waals surface area contributed by atoms with E-state index in [9.17, 15) is 14.7 Å². The highest BCUT2D eigenvalue weighted by molar-refractivity contribution is 5.78. The van der Waals surface area contributed by atoms with E-state index >= 15 is 0 Å². The van der Waals surface area contributed by atoms with Gasteiger partial charge in [-0.25, -0.2) is 4.79 Å². The summed E-state index contributed by atoms with van der Waals surface area (Å²) >= 11 is 0. The number of benzene rings is 1. The molecule has 3 unspecified atom stereocenters. The van der Waals surface area contributed by atoms with Crippen molar-refractivity contribution in [3.63, 3.8) is 0 Å². The Morgan fingerprint density at radius 2 is 1.96 bits per heavy atom. The van der Waals surface area contributed by atoms with Crippen LogP contribution in [0.2, 0.25) is 0 Å². The number of carboxylic acids is 2. The maximum Gasteiger partial charge on any atom is 0.326 e. The summed E-state index contributed by atoms with van der Waals surface area (Å²) in [6.45, 7) is 4.48. The number of hydrogen-bond donors (Lipinski definition) is 2. The number of rotatable bonds is 7. The molecule has 1 fully saturated rings. The van der Waals surface area contributed by atoms with Crippen molar-refractivity contribution in [2.75, 3.05) is 18.0 Å². The first-order valence-electron chi connectivity index (χ1n) is 8.46. The van der Waals surface area contributed by atoms with Crippen LogP contribution in [0.4, 0.5) is 5.69 Å². The van der Waals surface area contributed by atoms with Gasteiger partial charge in [0.25, 0.3) is 0 Å². The van der Waals surface area contributed by atoms with E-state index in [-0.39, 0.29) is 18.6 Å². The van der Waals surface area contributed by atoms with E-state index in [1.165, 1.54) is 0 Å². The summed E-state index contributed by atoms with van der Waals surface area (Å²) in [5, 5.41) is 18.6. The van der Waals surface area contributed by atoms with Crippen LogP contribution in [0.3, 0.4) is 0 Å². The molecule has 3 atom stereocenters. The summed E-state index contributed by atoms with van der Waals surface area (Å²) in [6, 6.07) is 9.23. The van der Waals surface area contributed by atoms with Crippen LogP contribution >= 0.6 is 0 Å². The summed E-state index contributed by atoms with van der Waals surface area (Å²) in [6.07, 6.45) is 2.39. The quantitative estimate of drug-likeness (QED) is 0.796. The molecule has 0 radical (unpaired) electrons. The molecule has 1 heterocycles. The molecular weight excluding hydrogens is 308 g/mol. The van der Waals surface area contributed by atoms with E-state index in [4.69, 9.17) is 5.11 Å². The van der Waals surface area contributed by atoms with Crippen LogP contribution in [0, 0.1) is 0 Å². The van der Waals surface area contributed by atoms with Gasteiger partial charge in [0.1, 0.15) is 6.04 Å². The number of anilines is 1. The molecular formula is C18H26N2O4. The fourth-order valence-corrected chi connectivity index (χ4v) is 3.61. The predicted molar refractivity (Wildman–Crippen MR) is 92.3 cm³/mol. The number of aliphatic carboxylic acids is 2. The van der Waals surface area contributed by atoms with E-state index in [0.29, 0.717) is 6.54 Å². The monoisotopic (exact) mass is 334 g/mol. The molecule has 1 saturated heterocycles. The lowest BCUT2D eigenvalue weighted by Crippen LogP contribution is -2.54. The molecule has 0 aliphatic carbocycles. The Morgan fingerprint density at radius 3 is 2.50 bits per heavy atom. The van der Waals surface area contributed by atoms with Crippen LogP contribution in [0.25, 0.3) is 0 Å². The minimum absolute atomic E-state index is 0.0467. The molecule has 6 heteroatoms. The molecule has 1 aliphatic heterocycles. The zero-order valence-corrected chi connectivity index (χ0v) is 14.3. The molecule has 1 aliphatic rings. The third-order valence-corrected chi connectivity index (χ3v) is 4.84. The van der Waals surface area contributed by atoms with Crippen LogP contribution in [-0.4, -0.2) is 58.3 Å². The molecule has 0 amide bonds. The summed E-state index contributed by atoms with van der Waals surface area (Å²) in [4.78, 5) is 26.6. The molecule has 6 nitrogen and oxygen atoms in total. The number of nitrogens with zero attached hydrogens (tertiary/aromatic N) is 2. The Bertz CT molecular complexity index is 563. The summed E-state index contributed by atoms with van der Waals surface area (Å²) in [7, 11) is 0. The van der Waals surface area contributed by atoms with E-state index in [1.807, 2.05) is 40.1 Å². The topological polar surface area (TPSA) is 81.1 Å². The predicted octanol–water partition coefficient (Wildman–Crippen LogP) is 2.29. The van der Waals surface area contributed by atoms with Crippen molar-refractivity contribution in [2.45, 2.75) is 51.2 Å². The number of para-hydroxylation sites is 1. The van der Waals surface area contributed by atoms with Crippen molar-refractivity contribution in [3.05, 3.63) is 30.3 Å². The van der Waals surface area contributed by atoms with Gasteiger partial charge in [0.15, 0.2) is 0 Å². The van der Waals surface area contributed by atoms with Crippen LogP contribution in [-0.2, 0) is 9.59 Å². The fourth-order valence-electron chi connectivity index (χ4n) is 3.61. The van der Waals surface area contributed by atoms with Gasteiger partial charge in [0.05, 0.1) is 6.54 Å². The zero-order valence-electron chi connectivity index (χ0n) is 14.3. The van der Waals surface area contributed by atoms with Gasteiger partial charge in [-0.1, -0.05) is 25.1 Å². The molecule has 1 aromatic rings. The highest BCUT2D eigenvalue weighted by Gasteiger charge is 2.35. The third kappa shape index (κ3) is 4.26. The molecule has 132 valence electrons. The number of piperidine rings is 1. The van der Waals surface area contributed by atoms with Crippen molar-refractivity contribution < 1.29 is 19.8 Å². The average Bonchev–Trinajstić information content (AvgIpc) is 2.56. The maximum absolute atomic E-state index is 11.6. The van der Waals surface area contributed by atoms with E-state index in [1.54, 1.807) is 6.92 Å². The Kier molecular flexibility index (Phi) is 6.20. The Hall–Kier alpha value is -2.08. The molecule has 1 aromatic carbocycles. The Morgan fingerprint density at radius 1 is 1.29 bits per heavy atom. The Labute approximate surface area is 142 Å². The van der Waals surface area contributed by atoms with Gasteiger partial charge in [0.2, 0.25) is 0 Å². The molecule has 2 N–H and O–H groups in total. The van der Waals surface area contributed by atoms with E-state index in [0.717, 1.165) is 24.9 Å². The lowest BCUT2D eigenvalue weighted by Gasteiger charge is -2.45. The second kappa shape index (κ2) is 8.15. The van der Waals surface area contributed by atoms with Crippen molar-refractivity contribution in [1.29, 1.82) is 0 Å². The fraction of sp³-hybridized carbons (Fsp3) is 0.556. The number of carboxylic acid groups (broad SMARTS) is 2. The number of carbonyl (C=O) groups is 2. The SMILES string of the molecule is CCC1CC(N(c2ccccc2)C(C)C(=O)O)CCN1CC(=O)O. The van der Waals surface area contributed by atoms with Gasteiger partial charge in [-0.2, -0.15) is 0 Å². The van der Waals surface area contributed by atoms with Gasteiger partial charge in [-0.15, -0.1) is 0 Å². The van der Waals surface area contributed by atoms with Gasteiger partial charge >= 0.3 is 11.9 Å². The van der Waals surface area contributed by atoms with Crippen molar-refractivity contribution in [3.8, 4) is 0 Å². The zero-order chi connectivity index (χ0) is 17.7. The minimum atomic E-state index is -0.847. The smallest absolute Gasteiger partial charge is 0.326 e. The van der Waals surface area contributed by atoms with Crippen LogP contribution in [0.1, 0.15) is 33.1 Å². The number of hydrogen-bond acceptors (Lipinski definition) is 4. The van der Waals surface area contributed by atoms with Gasteiger partial charge in [-0.3, -0.25) is 9.69 Å². The van der Waals surface area contributed by atoms with Crippen LogP contribution in [0.15, 0.2) is 30.3 Å². The molecule has 24 heavy (non-hydrogen) atoms. The van der Waals surface area contributed by atoms with Gasteiger partial charge < -0.3 is 15.1 Å². The molecule has 0 saturated carbocycles. The highest BCUT2D eigenvalue weighted by Crippen LogP contribution is 2.29. The molecule has 0 spiro atoms. The molecule has 0 bridgehead atoms. The summed E-state index contributed by atoms with van der Waals surface area (Å²) in [5.74, 6) is -1.66. The molecule has 2 rings (SSSR count). The maximum atomic E-state index is 11.6.